The molecule has 1 atom stereocenters. The van der Waals surface area contributed by atoms with E-state index in [1.54, 1.807) is 6.92 Å². The fourth-order valence-electron chi connectivity index (χ4n) is 3.71. The van der Waals surface area contributed by atoms with Crippen molar-refractivity contribution in [1.82, 2.24) is 24.5 Å². The zero-order chi connectivity index (χ0) is 22.0. The van der Waals surface area contributed by atoms with Gasteiger partial charge in [0.15, 0.2) is 0 Å². The SMILES string of the molecule is CC.CCc1nnc2nc(NC(C)c3cccc(C(F)F)c3F)c3c(n12)CN(C)C3. The van der Waals surface area contributed by atoms with E-state index < -0.39 is 23.8 Å². The van der Waals surface area contributed by atoms with Gasteiger partial charge in [0.1, 0.15) is 17.5 Å². The molecule has 1 aliphatic heterocycles. The molecule has 2 aromatic heterocycles. The van der Waals surface area contributed by atoms with Crippen molar-refractivity contribution in [1.29, 1.82) is 0 Å². The number of hydrogen-bond donors (Lipinski definition) is 1. The summed E-state index contributed by atoms with van der Waals surface area (Å²) in [6, 6.07) is 3.52. The molecule has 1 N–H and O–H groups in total. The molecule has 3 heterocycles. The van der Waals surface area contributed by atoms with Gasteiger partial charge < -0.3 is 5.32 Å². The van der Waals surface area contributed by atoms with Gasteiger partial charge in [0, 0.05) is 36.3 Å². The molecule has 3 aromatic rings. The first kappa shape index (κ1) is 22.0. The van der Waals surface area contributed by atoms with Crippen molar-refractivity contribution >= 4 is 11.6 Å². The number of rotatable bonds is 5. The van der Waals surface area contributed by atoms with Gasteiger partial charge in [0.25, 0.3) is 12.2 Å². The Labute approximate surface area is 174 Å². The van der Waals surface area contributed by atoms with Crippen molar-refractivity contribution < 1.29 is 13.2 Å². The lowest BCUT2D eigenvalue weighted by molar-refractivity contribution is 0.146. The predicted molar refractivity (Wildman–Crippen MR) is 110 cm³/mol. The second-order valence-electron chi connectivity index (χ2n) is 7.08. The summed E-state index contributed by atoms with van der Waals surface area (Å²) in [5.74, 6) is 1.01. The maximum Gasteiger partial charge on any atom is 0.266 e. The third-order valence-corrected chi connectivity index (χ3v) is 5.11. The molecule has 1 aromatic carbocycles. The molecule has 0 amide bonds. The summed E-state index contributed by atoms with van der Waals surface area (Å²) in [5.41, 5.74) is 1.62. The molecule has 1 aliphatic rings. The topological polar surface area (TPSA) is 58.4 Å². The summed E-state index contributed by atoms with van der Waals surface area (Å²) in [4.78, 5) is 6.72. The van der Waals surface area contributed by atoms with E-state index in [0.717, 1.165) is 36.1 Å². The molecule has 30 heavy (non-hydrogen) atoms. The maximum atomic E-state index is 14.5. The lowest BCUT2D eigenvalue weighted by Crippen LogP contribution is -2.14. The molecular formula is C21H27F3N6. The molecule has 0 fully saturated rings. The van der Waals surface area contributed by atoms with E-state index in [2.05, 4.69) is 25.4 Å². The van der Waals surface area contributed by atoms with Gasteiger partial charge in [-0.3, -0.25) is 9.30 Å². The molecule has 9 heteroatoms. The number of halogens is 3. The van der Waals surface area contributed by atoms with Crippen LogP contribution in [0.3, 0.4) is 0 Å². The largest absolute Gasteiger partial charge is 0.363 e. The van der Waals surface area contributed by atoms with Crippen molar-refractivity contribution in [3.05, 3.63) is 52.2 Å². The molecule has 0 spiro atoms. The number of alkyl halides is 2. The van der Waals surface area contributed by atoms with Gasteiger partial charge in [-0.25, -0.2) is 13.2 Å². The van der Waals surface area contributed by atoms with E-state index in [-0.39, 0.29) is 5.56 Å². The molecule has 0 radical (unpaired) electrons. The fraction of sp³-hybridized carbons (Fsp3) is 0.476. The van der Waals surface area contributed by atoms with E-state index in [0.29, 0.717) is 18.1 Å². The monoisotopic (exact) mass is 420 g/mol. The molecule has 0 bridgehead atoms. The smallest absolute Gasteiger partial charge is 0.266 e. The van der Waals surface area contributed by atoms with Crippen molar-refractivity contribution in [2.24, 2.45) is 0 Å². The van der Waals surface area contributed by atoms with Gasteiger partial charge in [-0.05, 0) is 14.0 Å². The number of nitrogens with zero attached hydrogens (tertiary/aromatic N) is 5. The Morgan fingerprint density at radius 1 is 1.13 bits per heavy atom. The molecule has 4 rings (SSSR count). The summed E-state index contributed by atoms with van der Waals surface area (Å²) >= 11 is 0. The van der Waals surface area contributed by atoms with Crippen LogP contribution in [0, 0.1) is 5.82 Å². The number of anilines is 1. The van der Waals surface area contributed by atoms with Crippen molar-refractivity contribution in [3.63, 3.8) is 0 Å². The number of aromatic nitrogens is 4. The number of hydrogen-bond acceptors (Lipinski definition) is 5. The third-order valence-electron chi connectivity index (χ3n) is 5.11. The van der Waals surface area contributed by atoms with Crippen LogP contribution in [-0.4, -0.2) is 31.5 Å². The third kappa shape index (κ3) is 3.86. The van der Waals surface area contributed by atoms with Crippen LogP contribution >= 0.6 is 0 Å². The molecular weight excluding hydrogens is 393 g/mol. The summed E-state index contributed by atoms with van der Waals surface area (Å²) in [6.07, 6.45) is -2.13. The lowest BCUT2D eigenvalue weighted by atomic mass is 10.0. The maximum absolute atomic E-state index is 14.5. The minimum Gasteiger partial charge on any atom is -0.363 e. The molecule has 0 aliphatic carbocycles. The molecule has 0 saturated heterocycles. The first-order chi connectivity index (χ1) is 14.4. The lowest BCUT2D eigenvalue weighted by Gasteiger charge is -2.19. The zero-order valence-corrected chi connectivity index (χ0v) is 17.9. The normalized spacial score (nSPS) is 14.6. The van der Waals surface area contributed by atoms with Gasteiger partial charge in [0.05, 0.1) is 11.6 Å². The van der Waals surface area contributed by atoms with Gasteiger partial charge in [0.2, 0.25) is 0 Å². The van der Waals surface area contributed by atoms with Crippen LogP contribution < -0.4 is 5.32 Å². The summed E-state index contributed by atoms with van der Waals surface area (Å²) < 4.78 is 42.6. The van der Waals surface area contributed by atoms with E-state index in [9.17, 15) is 13.2 Å². The van der Waals surface area contributed by atoms with Crippen LogP contribution in [-0.2, 0) is 19.5 Å². The second kappa shape index (κ2) is 8.99. The van der Waals surface area contributed by atoms with Gasteiger partial charge in [-0.1, -0.05) is 39.0 Å². The van der Waals surface area contributed by atoms with Crippen LogP contribution in [0.1, 0.15) is 68.4 Å². The van der Waals surface area contributed by atoms with Crippen LogP contribution in [0.25, 0.3) is 5.78 Å². The van der Waals surface area contributed by atoms with Crippen molar-refractivity contribution in [3.8, 4) is 0 Å². The minimum atomic E-state index is -2.86. The van der Waals surface area contributed by atoms with Gasteiger partial charge in [-0.2, -0.15) is 4.98 Å². The van der Waals surface area contributed by atoms with Crippen LogP contribution in [0.5, 0.6) is 0 Å². The first-order valence-corrected chi connectivity index (χ1v) is 10.2. The van der Waals surface area contributed by atoms with Gasteiger partial charge >= 0.3 is 0 Å². The van der Waals surface area contributed by atoms with Crippen molar-refractivity contribution in [2.45, 2.75) is 59.7 Å². The van der Waals surface area contributed by atoms with E-state index in [4.69, 9.17) is 0 Å². The Balaban J connectivity index is 0.00000124. The Kier molecular flexibility index (Phi) is 6.60. The summed E-state index contributed by atoms with van der Waals surface area (Å²) in [7, 11) is 2.00. The fourth-order valence-corrected chi connectivity index (χ4v) is 3.71. The van der Waals surface area contributed by atoms with Crippen LogP contribution in [0.4, 0.5) is 19.0 Å². The van der Waals surface area contributed by atoms with E-state index in [1.165, 1.54) is 12.1 Å². The second-order valence-corrected chi connectivity index (χ2v) is 7.08. The van der Waals surface area contributed by atoms with Crippen molar-refractivity contribution in [2.75, 3.05) is 12.4 Å². The highest BCUT2D eigenvalue weighted by Crippen LogP contribution is 2.33. The van der Waals surface area contributed by atoms with E-state index in [1.807, 2.05) is 32.2 Å². The zero-order valence-electron chi connectivity index (χ0n) is 17.9. The first-order valence-electron chi connectivity index (χ1n) is 10.2. The van der Waals surface area contributed by atoms with Crippen LogP contribution in [0.2, 0.25) is 0 Å². The summed E-state index contributed by atoms with van der Waals surface area (Å²) in [5, 5.41) is 11.6. The molecule has 162 valence electrons. The Hall–Kier alpha value is -2.68. The Morgan fingerprint density at radius 2 is 1.83 bits per heavy atom. The number of aryl methyl sites for hydroxylation is 1. The number of fused-ring (bicyclic) bond motifs is 3. The average Bonchev–Trinajstić information content (AvgIpc) is 3.32. The minimum absolute atomic E-state index is 0.176. The number of nitrogens with one attached hydrogen (secondary N) is 1. The highest BCUT2D eigenvalue weighted by molar-refractivity contribution is 5.55. The van der Waals surface area contributed by atoms with E-state index >= 15 is 0 Å². The Bertz CT molecular complexity index is 1030. The molecule has 1 unspecified atom stereocenters. The number of benzene rings is 1. The average molecular weight is 420 g/mol. The van der Waals surface area contributed by atoms with Gasteiger partial charge in [-0.15, -0.1) is 10.2 Å². The highest BCUT2D eigenvalue weighted by Gasteiger charge is 2.27. The quantitative estimate of drug-likeness (QED) is 0.636. The Morgan fingerprint density at radius 3 is 2.50 bits per heavy atom. The van der Waals surface area contributed by atoms with Crippen LogP contribution in [0.15, 0.2) is 18.2 Å². The summed E-state index contributed by atoms with van der Waals surface area (Å²) in [6.45, 7) is 9.13. The standard InChI is InChI=1S/C19H21F3N6.C2H6/c1-4-15-25-26-19-24-18(13-8-27(3)9-14(13)28(15)19)23-10(2)11-6-5-7-12(16(11)20)17(21)22;1-2/h5-7,10,17H,4,8-9H2,1-3H3,(H,23,24,26);1-2H3. The molecule has 0 saturated carbocycles. The molecule has 6 nitrogen and oxygen atoms in total. The highest BCUT2D eigenvalue weighted by atomic mass is 19.3. The predicted octanol–water partition coefficient (Wildman–Crippen LogP) is 4.91.